The van der Waals surface area contributed by atoms with Crippen molar-refractivity contribution in [2.24, 2.45) is 0 Å². The monoisotopic (exact) mass is 288 g/mol. The van der Waals surface area contributed by atoms with Gasteiger partial charge in [0.2, 0.25) is 6.79 Å². The molecule has 21 heavy (non-hydrogen) atoms. The molecular formula is C16H16O5. The highest BCUT2D eigenvalue weighted by Crippen LogP contribution is 2.37. The van der Waals surface area contributed by atoms with Crippen molar-refractivity contribution >= 4 is 11.7 Å². The van der Waals surface area contributed by atoms with Crippen LogP contribution in [0.3, 0.4) is 0 Å². The fraction of sp³-hybridized carbons (Fsp3) is 0.312. The van der Waals surface area contributed by atoms with Crippen molar-refractivity contribution in [2.75, 3.05) is 6.79 Å². The van der Waals surface area contributed by atoms with Gasteiger partial charge in [0.25, 0.3) is 0 Å². The van der Waals surface area contributed by atoms with Crippen LogP contribution in [-0.4, -0.2) is 19.1 Å². The highest BCUT2D eigenvalue weighted by Gasteiger charge is 2.25. The number of hydrogen-bond donors (Lipinski definition) is 0. The Labute approximate surface area is 122 Å². The lowest BCUT2D eigenvalue weighted by atomic mass is 9.91. The summed E-state index contributed by atoms with van der Waals surface area (Å²) in [6.45, 7) is 3.58. The van der Waals surface area contributed by atoms with Gasteiger partial charge in [0.1, 0.15) is 6.10 Å². The second-order valence-corrected chi connectivity index (χ2v) is 4.80. The van der Waals surface area contributed by atoms with E-state index in [9.17, 15) is 4.79 Å². The molecule has 0 radical (unpaired) electrons. The number of allylic oxidation sites excluding steroid dienone is 1. The molecule has 0 N–H and O–H groups in total. The molecule has 0 fully saturated rings. The highest BCUT2D eigenvalue weighted by molar-refractivity contribution is 5.74. The third-order valence-electron chi connectivity index (χ3n) is 3.51. The summed E-state index contributed by atoms with van der Waals surface area (Å²) in [4.78, 5) is 11.5. The van der Waals surface area contributed by atoms with E-state index in [0.29, 0.717) is 5.75 Å². The fourth-order valence-corrected chi connectivity index (χ4v) is 2.56. The molecule has 1 aliphatic heterocycles. The minimum atomic E-state index is -0.733. The van der Waals surface area contributed by atoms with E-state index in [-0.39, 0.29) is 12.9 Å². The van der Waals surface area contributed by atoms with Crippen LogP contribution in [0.4, 0.5) is 4.79 Å². The summed E-state index contributed by atoms with van der Waals surface area (Å²) in [5.74, 6) is 1.45. The third kappa shape index (κ3) is 2.86. The predicted molar refractivity (Wildman–Crippen MR) is 75.9 cm³/mol. The first-order valence-corrected chi connectivity index (χ1v) is 6.86. The van der Waals surface area contributed by atoms with Crippen molar-refractivity contribution in [1.82, 2.24) is 0 Å². The zero-order valence-electron chi connectivity index (χ0n) is 11.5. The van der Waals surface area contributed by atoms with Crippen LogP contribution < -0.4 is 9.47 Å². The molecular weight excluding hydrogens is 272 g/mol. The predicted octanol–water partition coefficient (Wildman–Crippen LogP) is 3.65. The van der Waals surface area contributed by atoms with Gasteiger partial charge in [0, 0.05) is 0 Å². The average Bonchev–Trinajstić information content (AvgIpc) is 2.95. The van der Waals surface area contributed by atoms with Crippen LogP contribution >= 0.6 is 0 Å². The van der Waals surface area contributed by atoms with Crippen molar-refractivity contribution in [3.8, 4) is 11.5 Å². The topological polar surface area (TPSA) is 54.0 Å². The van der Waals surface area contributed by atoms with Gasteiger partial charge in [-0.3, -0.25) is 0 Å². The molecule has 1 aliphatic carbocycles. The normalized spacial score (nSPS) is 19.6. The van der Waals surface area contributed by atoms with Gasteiger partial charge in [0.15, 0.2) is 11.5 Å². The molecule has 3 rings (SSSR count). The number of hydrogen-bond acceptors (Lipinski definition) is 5. The maximum absolute atomic E-state index is 11.5. The van der Waals surface area contributed by atoms with Crippen LogP contribution in [-0.2, 0) is 9.47 Å². The SMILES string of the molecule is C=COC(=O)OC1CCCC=C1c1ccc2c(c1)OCO2. The van der Waals surface area contributed by atoms with Crippen molar-refractivity contribution in [3.05, 3.63) is 42.7 Å². The molecule has 110 valence electrons. The zero-order chi connectivity index (χ0) is 14.7. The van der Waals surface area contributed by atoms with Crippen LogP contribution in [0.1, 0.15) is 24.8 Å². The van der Waals surface area contributed by atoms with Crippen LogP contribution in [0, 0.1) is 0 Å². The second-order valence-electron chi connectivity index (χ2n) is 4.80. The number of carbonyl (C=O) groups excluding carboxylic acids is 1. The Balaban J connectivity index is 1.82. The van der Waals surface area contributed by atoms with Crippen LogP contribution in [0.2, 0.25) is 0 Å². The minimum Gasteiger partial charge on any atom is -0.454 e. The summed E-state index contributed by atoms with van der Waals surface area (Å²) in [5, 5.41) is 0. The van der Waals surface area contributed by atoms with Crippen molar-refractivity contribution < 1.29 is 23.7 Å². The maximum atomic E-state index is 11.5. The number of benzene rings is 1. The van der Waals surface area contributed by atoms with Crippen LogP contribution in [0.15, 0.2) is 37.1 Å². The summed E-state index contributed by atoms with van der Waals surface area (Å²) in [5.41, 5.74) is 1.94. The molecule has 1 aromatic carbocycles. The third-order valence-corrected chi connectivity index (χ3v) is 3.51. The number of fused-ring (bicyclic) bond motifs is 1. The van der Waals surface area contributed by atoms with Crippen molar-refractivity contribution in [1.29, 1.82) is 0 Å². The first-order chi connectivity index (χ1) is 10.3. The van der Waals surface area contributed by atoms with E-state index in [1.165, 1.54) is 0 Å². The Kier molecular flexibility index (Phi) is 3.81. The molecule has 1 heterocycles. The Bertz CT molecular complexity index is 590. The number of rotatable bonds is 3. The largest absolute Gasteiger partial charge is 0.513 e. The van der Waals surface area contributed by atoms with Crippen LogP contribution in [0.5, 0.6) is 11.5 Å². The Morgan fingerprint density at radius 1 is 1.33 bits per heavy atom. The summed E-state index contributed by atoms with van der Waals surface area (Å²) in [6.07, 6.45) is 4.81. The number of ether oxygens (including phenoxy) is 4. The smallest absolute Gasteiger partial charge is 0.454 e. The molecule has 0 saturated carbocycles. The lowest BCUT2D eigenvalue weighted by Gasteiger charge is -2.24. The first kappa shape index (κ1) is 13.5. The summed E-state index contributed by atoms with van der Waals surface area (Å²) in [7, 11) is 0. The molecule has 5 heteroatoms. The highest BCUT2D eigenvalue weighted by atomic mass is 16.7. The van der Waals surface area contributed by atoms with Gasteiger partial charge >= 0.3 is 6.16 Å². The van der Waals surface area contributed by atoms with E-state index >= 15 is 0 Å². The van der Waals surface area contributed by atoms with Crippen LogP contribution in [0.25, 0.3) is 5.57 Å². The van der Waals surface area contributed by atoms with Crippen molar-refractivity contribution in [2.45, 2.75) is 25.4 Å². The summed E-state index contributed by atoms with van der Waals surface area (Å²) >= 11 is 0. The molecule has 0 spiro atoms. The Hall–Kier alpha value is -2.43. The molecule has 0 amide bonds. The van der Waals surface area contributed by atoms with Gasteiger partial charge < -0.3 is 18.9 Å². The molecule has 0 bridgehead atoms. The fourth-order valence-electron chi connectivity index (χ4n) is 2.56. The van der Waals surface area contributed by atoms with Gasteiger partial charge in [-0.05, 0) is 42.5 Å². The maximum Gasteiger partial charge on any atom is 0.513 e. The lowest BCUT2D eigenvalue weighted by Crippen LogP contribution is -2.21. The van der Waals surface area contributed by atoms with E-state index < -0.39 is 6.16 Å². The van der Waals surface area contributed by atoms with E-state index in [2.05, 4.69) is 17.4 Å². The van der Waals surface area contributed by atoms with Gasteiger partial charge in [-0.1, -0.05) is 18.7 Å². The van der Waals surface area contributed by atoms with Crippen molar-refractivity contribution in [3.63, 3.8) is 0 Å². The van der Waals surface area contributed by atoms with E-state index in [0.717, 1.165) is 42.4 Å². The summed E-state index contributed by atoms with van der Waals surface area (Å²) in [6, 6.07) is 5.72. The molecule has 5 nitrogen and oxygen atoms in total. The minimum absolute atomic E-state index is 0.240. The van der Waals surface area contributed by atoms with Gasteiger partial charge in [0.05, 0.1) is 6.26 Å². The van der Waals surface area contributed by atoms with Gasteiger partial charge in [-0.2, -0.15) is 0 Å². The number of carbonyl (C=O) groups is 1. The average molecular weight is 288 g/mol. The van der Waals surface area contributed by atoms with E-state index in [1.807, 2.05) is 18.2 Å². The summed E-state index contributed by atoms with van der Waals surface area (Å²) < 4.78 is 20.7. The van der Waals surface area contributed by atoms with E-state index in [4.69, 9.17) is 14.2 Å². The quantitative estimate of drug-likeness (QED) is 0.627. The second kappa shape index (κ2) is 5.91. The molecule has 1 aromatic rings. The van der Waals surface area contributed by atoms with Gasteiger partial charge in [-0.15, -0.1) is 0 Å². The zero-order valence-corrected chi connectivity index (χ0v) is 11.5. The Morgan fingerprint density at radius 3 is 3.05 bits per heavy atom. The molecule has 2 aliphatic rings. The molecule has 0 saturated heterocycles. The molecule has 0 aromatic heterocycles. The van der Waals surface area contributed by atoms with E-state index in [1.54, 1.807) is 0 Å². The molecule has 1 unspecified atom stereocenters. The standard InChI is InChI=1S/C16H16O5/c1-2-18-16(17)21-13-6-4-3-5-12(13)11-7-8-14-15(9-11)20-10-19-14/h2,5,7-9,13H,1,3-4,6,10H2. The molecule has 1 atom stereocenters. The lowest BCUT2D eigenvalue weighted by molar-refractivity contribution is 0.0621. The first-order valence-electron chi connectivity index (χ1n) is 6.86. The van der Waals surface area contributed by atoms with Gasteiger partial charge in [-0.25, -0.2) is 4.79 Å². The Morgan fingerprint density at radius 2 is 2.19 bits per heavy atom.